The van der Waals surface area contributed by atoms with Gasteiger partial charge in [-0.3, -0.25) is 9.59 Å². The first-order valence-electron chi connectivity index (χ1n) is 10.4. The molecule has 1 aliphatic rings. The van der Waals surface area contributed by atoms with Crippen LogP contribution >= 0.6 is 11.3 Å². The summed E-state index contributed by atoms with van der Waals surface area (Å²) in [6, 6.07) is 17.2. The Morgan fingerprint density at radius 1 is 1.10 bits per heavy atom. The van der Waals surface area contributed by atoms with E-state index in [0.29, 0.717) is 24.3 Å². The number of hydrogen-bond donors (Lipinski definition) is 1. The molecule has 2 atom stereocenters. The van der Waals surface area contributed by atoms with E-state index in [9.17, 15) is 9.59 Å². The Bertz CT molecular complexity index is 1080. The van der Waals surface area contributed by atoms with Crippen LogP contribution in [-0.2, 0) is 9.59 Å². The Labute approximate surface area is 186 Å². The van der Waals surface area contributed by atoms with Gasteiger partial charge >= 0.3 is 0 Å². The van der Waals surface area contributed by atoms with E-state index in [1.54, 1.807) is 23.3 Å². The maximum atomic E-state index is 13.5. The minimum absolute atomic E-state index is 0.0411. The van der Waals surface area contributed by atoms with Crippen molar-refractivity contribution in [1.82, 2.24) is 0 Å². The van der Waals surface area contributed by atoms with Crippen LogP contribution in [0.25, 0.3) is 0 Å². The van der Waals surface area contributed by atoms with Gasteiger partial charge in [-0.25, -0.2) is 0 Å². The maximum absolute atomic E-state index is 13.5. The predicted octanol–water partition coefficient (Wildman–Crippen LogP) is 5.50. The maximum Gasteiger partial charge on any atom is 0.230 e. The summed E-state index contributed by atoms with van der Waals surface area (Å²) in [6.07, 6.45) is 0.836. The number of amides is 2. The van der Waals surface area contributed by atoms with Crippen LogP contribution in [0, 0.1) is 19.8 Å². The van der Waals surface area contributed by atoms with Gasteiger partial charge in [0, 0.05) is 17.0 Å². The van der Waals surface area contributed by atoms with Crippen molar-refractivity contribution in [2.75, 3.05) is 17.3 Å². The first-order valence-corrected chi connectivity index (χ1v) is 11.2. The van der Waals surface area contributed by atoms with Crippen molar-refractivity contribution in [3.8, 4) is 5.75 Å². The second-order valence-corrected chi connectivity index (χ2v) is 8.88. The van der Waals surface area contributed by atoms with Crippen LogP contribution in [-0.4, -0.2) is 18.9 Å². The molecule has 0 aliphatic carbocycles. The van der Waals surface area contributed by atoms with Gasteiger partial charge in [-0.15, -0.1) is 11.3 Å². The third kappa shape index (κ3) is 4.35. The first kappa shape index (κ1) is 21.1. The molecule has 0 saturated carbocycles. The van der Waals surface area contributed by atoms with Gasteiger partial charge in [-0.2, -0.15) is 0 Å². The Morgan fingerprint density at radius 2 is 1.84 bits per heavy atom. The Morgan fingerprint density at radius 3 is 2.52 bits per heavy atom. The number of aryl methyl sites for hydroxylation is 2. The number of thiophene rings is 1. The zero-order chi connectivity index (χ0) is 22.0. The van der Waals surface area contributed by atoms with E-state index in [1.807, 2.05) is 73.8 Å². The topological polar surface area (TPSA) is 58.6 Å². The molecule has 31 heavy (non-hydrogen) atoms. The van der Waals surface area contributed by atoms with Gasteiger partial charge in [0.1, 0.15) is 5.75 Å². The fourth-order valence-corrected chi connectivity index (χ4v) is 4.99. The Balaban J connectivity index is 1.70. The van der Waals surface area contributed by atoms with Crippen molar-refractivity contribution in [2.24, 2.45) is 5.92 Å². The van der Waals surface area contributed by atoms with Crippen LogP contribution in [0.15, 0.2) is 60.0 Å². The van der Waals surface area contributed by atoms with Gasteiger partial charge in [0.05, 0.1) is 24.8 Å². The average molecular weight is 435 g/mol. The number of carbonyl (C=O) groups excluding carboxylic acids is 2. The normalized spacial score (nSPS) is 18.7. The lowest BCUT2D eigenvalue weighted by Gasteiger charge is -2.40. The third-order valence-corrected chi connectivity index (χ3v) is 6.64. The average Bonchev–Trinajstić information content (AvgIpc) is 3.29. The molecular formula is C25H26N2O3S. The summed E-state index contributed by atoms with van der Waals surface area (Å²) in [6.45, 7) is 3.99. The van der Waals surface area contributed by atoms with Crippen LogP contribution < -0.4 is 15.0 Å². The first-order chi connectivity index (χ1) is 15.0. The zero-order valence-corrected chi connectivity index (χ0v) is 18.7. The molecule has 0 bridgehead atoms. The molecule has 1 aliphatic heterocycles. The number of piperidine rings is 1. The number of methoxy groups -OCH3 is 1. The lowest BCUT2D eigenvalue weighted by molar-refractivity contribution is -0.125. The number of rotatable bonds is 5. The van der Waals surface area contributed by atoms with Crippen molar-refractivity contribution in [2.45, 2.75) is 32.7 Å². The molecule has 1 aromatic heterocycles. The minimum atomic E-state index is -0.372. The molecule has 2 aromatic carbocycles. The highest BCUT2D eigenvalue weighted by Crippen LogP contribution is 2.42. The van der Waals surface area contributed by atoms with Crippen molar-refractivity contribution in [3.05, 3.63) is 76.0 Å². The standard InChI is InChI=1S/C25H26N2O3S/c1-16-6-9-18(10-7-16)27-23(28)13-11-19(24(27)22-5-4-14-31-22)25(29)26-20-15-17(2)8-12-21(20)30-3/h4-10,12,14-15,19,24H,11,13H2,1-3H3,(H,26,29). The molecule has 1 N–H and O–H groups in total. The van der Waals surface area contributed by atoms with Gasteiger partial charge in [-0.05, 0) is 61.5 Å². The van der Waals surface area contributed by atoms with Crippen LogP contribution in [0.4, 0.5) is 11.4 Å². The van der Waals surface area contributed by atoms with Crippen LogP contribution in [0.5, 0.6) is 5.75 Å². The van der Waals surface area contributed by atoms with E-state index in [4.69, 9.17) is 4.74 Å². The van der Waals surface area contributed by atoms with Crippen LogP contribution in [0.3, 0.4) is 0 Å². The Hall–Kier alpha value is -3.12. The summed E-state index contributed by atoms with van der Waals surface area (Å²) < 4.78 is 5.43. The fourth-order valence-electron chi connectivity index (χ4n) is 4.11. The number of carbonyl (C=O) groups is 2. The number of benzene rings is 2. The SMILES string of the molecule is COc1ccc(C)cc1NC(=O)C1CCC(=O)N(c2ccc(C)cc2)C1c1cccs1. The summed E-state index contributed by atoms with van der Waals surface area (Å²) >= 11 is 1.57. The van der Waals surface area contributed by atoms with Gasteiger partial charge in [0.15, 0.2) is 0 Å². The molecule has 2 heterocycles. The predicted molar refractivity (Wildman–Crippen MR) is 125 cm³/mol. The van der Waals surface area contributed by atoms with Crippen LogP contribution in [0.1, 0.15) is 34.9 Å². The summed E-state index contributed by atoms with van der Waals surface area (Å²) in [7, 11) is 1.59. The fraction of sp³-hybridized carbons (Fsp3) is 0.280. The molecule has 4 rings (SSSR count). The Kier molecular flexibility index (Phi) is 6.09. The minimum Gasteiger partial charge on any atom is -0.495 e. The van der Waals surface area contributed by atoms with Crippen molar-refractivity contribution < 1.29 is 14.3 Å². The highest BCUT2D eigenvalue weighted by molar-refractivity contribution is 7.10. The highest BCUT2D eigenvalue weighted by atomic mass is 32.1. The zero-order valence-electron chi connectivity index (χ0n) is 17.9. The summed E-state index contributed by atoms with van der Waals surface area (Å²) in [4.78, 5) is 29.3. The van der Waals surface area contributed by atoms with Crippen molar-refractivity contribution >= 4 is 34.5 Å². The van der Waals surface area contributed by atoms with Crippen LogP contribution in [0.2, 0.25) is 0 Å². The van der Waals surface area contributed by atoms with Crippen molar-refractivity contribution in [3.63, 3.8) is 0 Å². The van der Waals surface area contributed by atoms with E-state index in [2.05, 4.69) is 5.32 Å². The molecule has 5 nitrogen and oxygen atoms in total. The highest BCUT2D eigenvalue weighted by Gasteiger charge is 2.42. The largest absolute Gasteiger partial charge is 0.495 e. The number of anilines is 2. The molecule has 1 saturated heterocycles. The van der Waals surface area contributed by atoms with Gasteiger partial charge in [0.2, 0.25) is 11.8 Å². The lowest BCUT2D eigenvalue weighted by atomic mass is 9.86. The molecule has 6 heteroatoms. The molecule has 2 unspecified atom stereocenters. The molecule has 1 fully saturated rings. The van der Waals surface area contributed by atoms with Crippen molar-refractivity contribution in [1.29, 1.82) is 0 Å². The molecule has 160 valence electrons. The summed E-state index contributed by atoms with van der Waals surface area (Å²) in [5.41, 5.74) is 3.63. The van der Waals surface area contributed by atoms with E-state index >= 15 is 0 Å². The smallest absolute Gasteiger partial charge is 0.230 e. The van der Waals surface area contributed by atoms with E-state index in [-0.39, 0.29) is 23.8 Å². The van der Waals surface area contributed by atoms with Gasteiger partial charge < -0.3 is 15.0 Å². The number of hydrogen-bond acceptors (Lipinski definition) is 4. The van der Waals surface area contributed by atoms with Gasteiger partial charge in [0.25, 0.3) is 0 Å². The van der Waals surface area contributed by atoms with E-state index in [0.717, 1.165) is 21.7 Å². The lowest BCUT2D eigenvalue weighted by Crippen LogP contribution is -2.46. The molecule has 0 radical (unpaired) electrons. The number of nitrogens with one attached hydrogen (secondary N) is 1. The van der Waals surface area contributed by atoms with E-state index < -0.39 is 0 Å². The number of ether oxygens (including phenoxy) is 1. The molecular weight excluding hydrogens is 408 g/mol. The van der Waals surface area contributed by atoms with Gasteiger partial charge in [-0.1, -0.05) is 29.8 Å². The quantitative estimate of drug-likeness (QED) is 0.577. The van der Waals surface area contributed by atoms with E-state index in [1.165, 1.54) is 0 Å². The molecule has 3 aromatic rings. The second kappa shape index (κ2) is 8.94. The second-order valence-electron chi connectivity index (χ2n) is 7.90. The monoisotopic (exact) mass is 434 g/mol. The number of nitrogens with zero attached hydrogens (tertiary/aromatic N) is 1. The molecule has 2 amide bonds. The summed E-state index contributed by atoms with van der Waals surface area (Å²) in [5.74, 6) is 0.183. The molecule has 0 spiro atoms. The third-order valence-electron chi connectivity index (χ3n) is 5.69. The summed E-state index contributed by atoms with van der Waals surface area (Å²) in [5, 5.41) is 5.05.